The molecule has 1 heterocycles. The van der Waals surface area contributed by atoms with Gasteiger partial charge in [-0.1, -0.05) is 30.3 Å². The summed E-state index contributed by atoms with van der Waals surface area (Å²) in [5, 5.41) is 2.94. The quantitative estimate of drug-likeness (QED) is 0.733. The Morgan fingerprint density at radius 1 is 1.17 bits per heavy atom. The second kappa shape index (κ2) is 7.27. The molecule has 0 aliphatic carbocycles. The monoisotopic (exact) mass is 322 g/mol. The summed E-state index contributed by atoms with van der Waals surface area (Å²) in [4.78, 5) is 22.3. The molecule has 0 spiro atoms. The molecule has 5 nitrogen and oxygen atoms in total. The minimum Gasteiger partial charge on any atom is -0.342 e. The number of carbonyl (C=O) groups is 1. The molecule has 0 bridgehead atoms. The standard InChI is InChI=1S/C19H22N4O/c1-14(19(24)20-15-8-4-3-5-9-15)23(2)13-12-18-21-16-10-6-7-11-17(16)22-18/h3-11,14H,12-13H2,1-2H3,(H,20,24)(H,21,22)/t14-/m1/s1. The van der Waals surface area contributed by atoms with E-state index < -0.39 is 0 Å². The van der Waals surface area contributed by atoms with E-state index in [1.165, 1.54) is 0 Å². The van der Waals surface area contributed by atoms with Crippen LogP contribution >= 0.6 is 0 Å². The van der Waals surface area contributed by atoms with Crippen molar-refractivity contribution < 1.29 is 4.79 Å². The van der Waals surface area contributed by atoms with E-state index in [9.17, 15) is 4.79 Å². The van der Waals surface area contributed by atoms with Gasteiger partial charge in [-0.05, 0) is 38.2 Å². The van der Waals surface area contributed by atoms with Crippen molar-refractivity contribution in [1.82, 2.24) is 14.9 Å². The number of rotatable bonds is 6. The van der Waals surface area contributed by atoms with Crippen LogP contribution < -0.4 is 5.32 Å². The van der Waals surface area contributed by atoms with E-state index in [0.717, 1.165) is 35.5 Å². The smallest absolute Gasteiger partial charge is 0.241 e. The highest BCUT2D eigenvalue weighted by molar-refractivity contribution is 5.94. The third-order valence-corrected chi connectivity index (χ3v) is 4.22. The molecule has 3 aromatic rings. The maximum Gasteiger partial charge on any atom is 0.241 e. The highest BCUT2D eigenvalue weighted by Gasteiger charge is 2.18. The van der Waals surface area contributed by atoms with Crippen LogP contribution in [-0.4, -0.2) is 40.4 Å². The van der Waals surface area contributed by atoms with Crippen LogP contribution in [0.2, 0.25) is 0 Å². The van der Waals surface area contributed by atoms with Gasteiger partial charge in [-0.25, -0.2) is 4.98 Å². The van der Waals surface area contributed by atoms with Crippen LogP contribution in [0.4, 0.5) is 5.69 Å². The number of para-hydroxylation sites is 3. The van der Waals surface area contributed by atoms with Gasteiger partial charge in [0.2, 0.25) is 5.91 Å². The fourth-order valence-corrected chi connectivity index (χ4v) is 2.57. The van der Waals surface area contributed by atoms with Gasteiger partial charge in [-0.2, -0.15) is 0 Å². The van der Waals surface area contributed by atoms with Gasteiger partial charge in [0.1, 0.15) is 5.82 Å². The van der Waals surface area contributed by atoms with Gasteiger partial charge in [0.15, 0.2) is 0 Å². The molecule has 24 heavy (non-hydrogen) atoms. The van der Waals surface area contributed by atoms with Gasteiger partial charge >= 0.3 is 0 Å². The number of hydrogen-bond acceptors (Lipinski definition) is 3. The van der Waals surface area contributed by atoms with Crippen molar-refractivity contribution in [3.8, 4) is 0 Å². The summed E-state index contributed by atoms with van der Waals surface area (Å²) in [6.07, 6.45) is 0.772. The lowest BCUT2D eigenvalue weighted by atomic mass is 10.2. The molecule has 0 radical (unpaired) electrons. The maximum absolute atomic E-state index is 12.3. The first-order valence-corrected chi connectivity index (χ1v) is 8.13. The number of anilines is 1. The molecule has 124 valence electrons. The average Bonchev–Trinajstić information content (AvgIpc) is 3.02. The first-order valence-electron chi connectivity index (χ1n) is 8.13. The third-order valence-electron chi connectivity index (χ3n) is 4.22. The molecule has 0 unspecified atom stereocenters. The number of amides is 1. The summed E-state index contributed by atoms with van der Waals surface area (Å²) in [5.74, 6) is 0.937. The maximum atomic E-state index is 12.3. The van der Waals surface area contributed by atoms with Gasteiger partial charge < -0.3 is 10.3 Å². The van der Waals surface area contributed by atoms with E-state index in [4.69, 9.17) is 0 Å². The number of nitrogens with zero attached hydrogens (tertiary/aromatic N) is 2. The average molecular weight is 322 g/mol. The summed E-state index contributed by atoms with van der Waals surface area (Å²) in [7, 11) is 1.96. The van der Waals surface area contributed by atoms with Gasteiger partial charge in [-0.15, -0.1) is 0 Å². The van der Waals surface area contributed by atoms with Crippen LogP contribution in [-0.2, 0) is 11.2 Å². The fourth-order valence-electron chi connectivity index (χ4n) is 2.57. The van der Waals surface area contributed by atoms with Crippen molar-refractivity contribution in [2.45, 2.75) is 19.4 Å². The zero-order chi connectivity index (χ0) is 16.9. The molecule has 2 N–H and O–H groups in total. The fraction of sp³-hybridized carbons (Fsp3) is 0.263. The minimum absolute atomic E-state index is 0.00620. The van der Waals surface area contributed by atoms with Crippen LogP contribution in [0, 0.1) is 0 Å². The highest BCUT2D eigenvalue weighted by Crippen LogP contribution is 2.12. The number of H-pyrrole nitrogens is 1. The first-order chi connectivity index (χ1) is 11.6. The van der Waals surface area contributed by atoms with E-state index in [0.29, 0.717) is 0 Å². The predicted octanol–water partition coefficient (Wildman–Crippen LogP) is 3.06. The molecule has 0 saturated carbocycles. The van der Waals surface area contributed by atoms with Gasteiger partial charge in [0.05, 0.1) is 17.1 Å². The number of nitrogens with one attached hydrogen (secondary N) is 2. The van der Waals surface area contributed by atoms with Crippen molar-refractivity contribution >= 4 is 22.6 Å². The third kappa shape index (κ3) is 3.81. The molecule has 1 amide bonds. The largest absolute Gasteiger partial charge is 0.342 e. The zero-order valence-electron chi connectivity index (χ0n) is 14.0. The van der Waals surface area contributed by atoms with E-state index in [2.05, 4.69) is 15.3 Å². The number of fused-ring (bicyclic) bond motifs is 1. The minimum atomic E-state index is -0.213. The van der Waals surface area contributed by atoms with E-state index in [-0.39, 0.29) is 11.9 Å². The molecule has 0 aliphatic rings. The van der Waals surface area contributed by atoms with Crippen molar-refractivity contribution in [3.63, 3.8) is 0 Å². The molecule has 2 aromatic carbocycles. The number of carbonyl (C=O) groups excluding carboxylic acids is 1. The van der Waals surface area contributed by atoms with Crippen LogP contribution in [0.5, 0.6) is 0 Å². The van der Waals surface area contributed by atoms with Crippen LogP contribution in [0.3, 0.4) is 0 Å². The van der Waals surface area contributed by atoms with Crippen molar-refractivity contribution in [2.24, 2.45) is 0 Å². The first kappa shape index (κ1) is 16.2. The molecule has 0 saturated heterocycles. The predicted molar refractivity (Wildman–Crippen MR) is 97.0 cm³/mol. The number of hydrogen-bond donors (Lipinski definition) is 2. The lowest BCUT2D eigenvalue weighted by Crippen LogP contribution is -2.40. The van der Waals surface area contributed by atoms with Gasteiger partial charge in [0.25, 0.3) is 0 Å². The van der Waals surface area contributed by atoms with Crippen LogP contribution in [0.1, 0.15) is 12.7 Å². The zero-order valence-corrected chi connectivity index (χ0v) is 14.0. The Hall–Kier alpha value is -2.66. The van der Waals surface area contributed by atoms with Crippen molar-refractivity contribution in [3.05, 3.63) is 60.4 Å². The molecule has 1 atom stereocenters. The Morgan fingerprint density at radius 2 is 1.88 bits per heavy atom. The normalized spacial score (nSPS) is 12.5. The Labute approximate surface area is 141 Å². The number of aromatic nitrogens is 2. The van der Waals surface area contributed by atoms with E-state index in [1.54, 1.807) is 0 Å². The summed E-state index contributed by atoms with van der Waals surface area (Å²) in [6, 6.07) is 17.3. The summed E-state index contributed by atoms with van der Waals surface area (Å²) >= 11 is 0. The molecular formula is C19H22N4O. The SMILES string of the molecule is C[C@H](C(=O)Nc1ccccc1)N(C)CCc1nc2ccccc2[nH]1. The Balaban J connectivity index is 1.55. The summed E-state index contributed by atoms with van der Waals surface area (Å²) < 4.78 is 0. The Kier molecular flexibility index (Phi) is 4.91. The number of benzene rings is 2. The van der Waals surface area contributed by atoms with Crippen LogP contribution in [0.25, 0.3) is 11.0 Å². The molecule has 3 rings (SSSR count). The Bertz CT molecular complexity index is 779. The number of likely N-dealkylation sites (N-methyl/N-ethyl adjacent to an activating group) is 1. The molecule has 0 fully saturated rings. The lowest BCUT2D eigenvalue weighted by Gasteiger charge is -2.23. The van der Waals surface area contributed by atoms with Gasteiger partial charge in [0, 0.05) is 18.7 Å². The molecule has 5 heteroatoms. The molecule has 1 aromatic heterocycles. The highest BCUT2D eigenvalue weighted by atomic mass is 16.2. The lowest BCUT2D eigenvalue weighted by molar-refractivity contribution is -0.120. The van der Waals surface area contributed by atoms with Crippen molar-refractivity contribution in [2.75, 3.05) is 18.9 Å². The Morgan fingerprint density at radius 3 is 2.62 bits per heavy atom. The van der Waals surface area contributed by atoms with Gasteiger partial charge in [-0.3, -0.25) is 9.69 Å². The second-order valence-electron chi connectivity index (χ2n) is 5.96. The van der Waals surface area contributed by atoms with Crippen molar-refractivity contribution in [1.29, 1.82) is 0 Å². The van der Waals surface area contributed by atoms with E-state index >= 15 is 0 Å². The molecular weight excluding hydrogens is 300 g/mol. The summed E-state index contributed by atoms with van der Waals surface area (Å²) in [6.45, 7) is 2.67. The number of imidazole rings is 1. The topological polar surface area (TPSA) is 61.0 Å². The summed E-state index contributed by atoms with van der Waals surface area (Å²) in [5.41, 5.74) is 2.84. The van der Waals surface area contributed by atoms with E-state index in [1.807, 2.05) is 73.5 Å². The number of aromatic amines is 1. The molecule has 0 aliphatic heterocycles. The second-order valence-corrected chi connectivity index (χ2v) is 5.96. The van der Waals surface area contributed by atoms with Crippen LogP contribution in [0.15, 0.2) is 54.6 Å².